The molecule has 0 heterocycles. The third kappa shape index (κ3) is 10.9. The molecule has 3 N–H and O–H groups in total. The van der Waals surface area contributed by atoms with Gasteiger partial charge in [-0.2, -0.15) is 0 Å². The van der Waals surface area contributed by atoms with Crippen LogP contribution in [0, 0.1) is 13.8 Å². The average Bonchev–Trinajstić information content (AvgIpc) is 2.96. The molecule has 8 heteroatoms. The van der Waals surface area contributed by atoms with Crippen LogP contribution in [0.4, 0.5) is 0 Å². The Morgan fingerprint density at radius 2 is 1.38 bits per heavy atom. The van der Waals surface area contributed by atoms with Crippen LogP contribution >= 0.6 is 0 Å². The summed E-state index contributed by atoms with van der Waals surface area (Å²) < 4.78 is 10.8. The minimum atomic E-state index is -1.72. The molecule has 0 saturated carbocycles. The number of hydrogen-bond acceptors (Lipinski definition) is 5. The van der Waals surface area contributed by atoms with Crippen molar-refractivity contribution in [2.75, 3.05) is 19.8 Å². The third-order valence-corrected chi connectivity index (χ3v) is 7.40. The second kappa shape index (κ2) is 17.3. The Morgan fingerprint density at radius 1 is 0.714 bits per heavy atom. The molecule has 0 saturated heterocycles. The first-order valence-electron chi connectivity index (χ1n) is 14.7. The number of benzene rings is 3. The van der Waals surface area contributed by atoms with Crippen LogP contribution in [-0.2, 0) is 36.7 Å². The van der Waals surface area contributed by atoms with Crippen LogP contribution in [0.5, 0.6) is 0 Å². The molecule has 0 aliphatic carbocycles. The molecule has 3 aromatic rings. The van der Waals surface area contributed by atoms with Gasteiger partial charge in [-0.3, -0.25) is 4.79 Å². The highest BCUT2D eigenvalue weighted by Gasteiger charge is 2.36. The van der Waals surface area contributed by atoms with E-state index in [0.717, 1.165) is 44.9 Å². The van der Waals surface area contributed by atoms with E-state index in [4.69, 9.17) is 14.6 Å². The zero-order chi connectivity index (χ0) is 30.3. The molecule has 1 amide bonds. The van der Waals surface area contributed by atoms with Crippen molar-refractivity contribution in [3.63, 3.8) is 0 Å². The van der Waals surface area contributed by atoms with Crippen molar-refractivity contribution in [3.8, 4) is 0 Å². The summed E-state index contributed by atoms with van der Waals surface area (Å²) >= 11 is 0. The van der Waals surface area contributed by atoms with Crippen molar-refractivity contribution in [1.29, 1.82) is 0 Å². The summed E-state index contributed by atoms with van der Waals surface area (Å²) in [5, 5.41) is 23.8. The van der Waals surface area contributed by atoms with Crippen molar-refractivity contribution in [2.24, 2.45) is 0 Å². The monoisotopic (exact) mass is 577 g/mol. The molecule has 0 radical (unpaired) electrons. The Labute approximate surface area is 248 Å². The van der Waals surface area contributed by atoms with Gasteiger partial charge in [-0.1, -0.05) is 73.5 Å². The van der Waals surface area contributed by atoms with E-state index in [-0.39, 0.29) is 6.61 Å². The Kier molecular flexibility index (Phi) is 13.5. The smallest absolute Gasteiger partial charge is 0.336 e. The van der Waals surface area contributed by atoms with E-state index in [1.807, 2.05) is 12.1 Å². The van der Waals surface area contributed by atoms with E-state index in [0.29, 0.717) is 13.0 Å². The first-order valence-corrected chi connectivity index (χ1v) is 14.7. The summed E-state index contributed by atoms with van der Waals surface area (Å²) in [6, 6.07) is 21.1. The van der Waals surface area contributed by atoms with Gasteiger partial charge in [-0.05, 0) is 85.4 Å². The minimum Gasteiger partial charge on any atom is -0.480 e. The number of carbonyl (C=O) groups is 3. The van der Waals surface area contributed by atoms with E-state index >= 15 is 0 Å². The summed E-state index contributed by atoms with van der Waals surface area (Å²) in [4.78, 5) is 35.8. The van der Waals surface area contributed by atoms with E-state index in [9.17, 15) is 19.5 Å². The first kappa shape index (κ1) is 32.8. The number of carboxylic acids is 2. The molecule has 0 bridgehead atoms. The SMILES string of the molecule is Cc1ccc(CCCCCOC(C(=O)NCCCCCc2ccc3ccccc3c2)C(OCC(=O)O)C(=O)O)cc1C. The van der Waals surface area contributed by atoms with E-state index < -0.39 is 36.7 Å². The predicted molar refractivity (Wildman–Crippen MR) is 163 cm³/mol. The predicted octanol–water partition coefficient (Wildman–Crippen LogP) is 5.64. The lowest BCUT2D eigenvalue weighted by Crippen LogP contribution is -2.49. The van der Waals surface area contributed by atoms with Gasteiger partial charge in [0.15, 0.2) is 12.2 Å². The van der Waals surface area contributed by atoms with Gasteiger partial charge in [0.05, 0.1) is 0 Å². The van der Waals surface area contributed by atoms with E-state index in [1.54, 1.807) is 0 Å². The highest BCUT2D eigenvalue weighted by molar-refractivity contribution is 5.88. The normalized spacial score (nSPS) is 12.6. The molecule has 3 rings (SSSR count). The molecular formula is C34H43NO7. The standard InChI is InChI=1S/C34H43NO7/c1-24-15-16-26(21-25(24)2)11-6-4-10-20-41-31(32(34(39)40)42-23-30(36)37)33(38)35-19-9-3-5-12-27-17-18-28-13-7-8-14-29(28)22-27/h7-8,13-18,21-22,31-32H,3-6,9-12,19-20,23H2,1-2H3,(H,35,38)(H,36,37)(H,39,40). The van der Waals surface area contributed by atoms with Gasteiger partial charge in [0.25, 0.3) is 5.91 Å². The lowest BCUT2D eigenvalue weighted by molar-refractivity contribution is -0.172. The average molecular weight is 578 g/mol. The lowest BCUT2D eigenvalue weighted by atomic mass is 10.0. The van der Waals surface area contributed by atoms with Gasteiger partial charge in [0.1, 0.15) is 6.61 Å². The molecule has 0 aliphatic heterocycles. The molecule has 42 heavy (non-hydrogen) atoms. The number of unbranched alkanes of at least 4 members (excludes halogenated alkanes) is 4. The van der Waals surface area contributed by atoms with Gasteiger partial charge in [0.2, 0.25) is 0 Å². The molecule has 0 aliphatic rings. The lowest BCUT2D eigenvalue weighted by Gasteiger charge is -2.23. The Morgan fingerprint density at radius 3 is 2.07 bits per heavy atom. The summed E-state index contributed by atoms with van der Waals surface area (Å²) in [5.41, 5.74) is 5.05. The summed E-state index contributed by atoms with van der Waals surface area (Å²) in [6.45, 7) is 3.86. The van der Waals surface area contributed by atoms with Crippen LogP contribution in [-0.4, -0.2) is 60.0 Å². The fourth-order valence-electron chi connectivity index (χ4n) is 4.86. The minimum absolute atomic E-state index is 0.164. The second-order valence-corrected chi connectivity index (χ2v) is 10.8. The number of carboxylic acid groups (broad SMARTS) is 2. The Balaban J connectivity index is 1.43. The molecule has 0 aromatic heterocycles. The fourth-order valence-corrected chi connectivity index (χ4v) is 4.86. The maximum absolute atomic E-state index is 12.9. The number of amides is 1. The van der Waals surface area contributed by atoms with Gasteiger partial charge in [0, 0.05) is 13.2 Å². The van der Waals surface area contributed by atoms with Crippen molar-refractivity contribution in [1.82, 2.24) is 5.32 Å². The molecule has 0 fully saturated rings. The van der Waals surface area contributed by atoms with Crippen LogP contribution in [0.25, 0.3) is 10.8 Å². The number of rotatable bonds is 19. The summed E-state index contributed by atoms with van der Waals surface area (Å²) in [5.74, 6) is -3.38. The van der Waals surface area contributed by atoms with E-state index in [1.165, 1.54) is 33.0 Å². The van der Waals surface area contributed by atoms with Crippen LogP contribution in [0.2, 0.25) is 0 Å². The fraction of sp³-hybridized carbons (Fsp3) is 0.441. The Bertz CT molecular complexity index is 1320. The summed E-state index contributed by atoms with van der Waals surface area (Å²) in [7, 11) is 0. The number of nitrogens with one attached hydrogen (secondary N) is 1. The number of aliphatic carboxylic acids is 2. The number of aryl methyl sites for hydroxylation is 4. The quantitative estimate of drug-likeness (QED) is 0.158. The topological polar surface area (TPSA) is 122 Å². The largest absolute Gasteiger partial charge is 0.480 e. The zero-order valence-corrected chi connectivity index (χ0v) is 24.6. The molecule has 2 atom stereocenters. The maximum Gasteiger partial charge on any atom is 0.336 e. The molecule has 0 spiro atoms. The van der Waals surface area contributed by atoms with Crippen molar-refractivity contribution >= 4 is 28.6 Å². The molecule has 2 unspecified atom stereocenters. The Hall–Kier alpha value is -3.75. The molecular weight excluding hydrogens is 534 g/mol. The van der Waals surface area contributed by atoms with Gasteiger partial charge >= 0.3 is 11.9 Å². The van der Waals surface area contributed by atoms with Crippen LogP contribution in [0.3, 0.4) is 0 Å². The first-order chi connectivity index (χ1) is 20.2. The third-order valence-electron chi connectivity index (χ3n) is 7.40. The van der Waals surface area contributed by atoms with Crippen LogP contribution < -0.4 is 5.32 Å². The molecule has 3 aromatic carbocycles. The number of fused-ring (bicyclic) bond motifs is 1. The number of ether oxygens (including phenoxy) is 2. The van der Waals surface area contributed by atoms with Crippen LogP contribution in [0.1, 0.15) is 60.8 Å². The van der Waals surface area contributed by atoms with Gasteiger partial charge in [-0.25, -0.2) is 9.59 Å². The van der Waals surface area contributed by atoms with Crippen molar-refractivity contribution < 1.29 is 34.1 Å². The molecule has 226 valence electrons. The highest BCUT2D eigenvalue weighted by atomic mass is 16.6. The van der Waals surface area contributed by atoms with Gasteiger partial charge < -0.3 is 25.0 Å². The zero-order valence-electron chi connectivity index (χ0n) is 24.6. The summed E-state index contributed by atoms with van der Waals surface area (Å²) in [6.07, 6.45) is 3.65. The molecule has 8 nitrogen and oxygen atoms in total. The van der Waals surface area contributed by atoms with Crippen molar-refractivity contribution in [3.05, 3.63) is 82.9 Å². The van der Waals surface area contributed by atoms with Crippen LogP contribution in [0.15, 0.2) is 60.7 Å². The highest BCUT2D eigenvalue weighted by Crippen LogP contribution is 2.18. The van der Waals surface area contributed by atoms with E-state index in [2.05, 4.69) is 67.7 Å². The number of hydrogen-bond donors (Lipinski definition) is 3. The number of carbonyl (C=O) groups excluding carboxylic acids is 1. The maximum atomic E-state index is 12.9. The van der Waals surface area contributed by atoms with Crippen molar-refractivity contribution in [2.45, 2.75) is 77.4 Å². The van der Waals surface area contributed by atoms with Gasteiger partial charge in [-0.15, -0.1) is 0 Å². The second-order valence-electron chi connectivity index (χ2n) is 10.8.